The van der Waals surface area contributed by atoms with Crippen LogP contribution in [0.5, 0.6) is 0 Å². The van der Waals surface area contributed by atoms with Gasteiger partial charge in [-0.2, -0.15) is 0 Å². The minimum Gasteiger partial charge on any atom is -0.341 e. The molecule has 1 aromatic carbocycles. The fourth-order valence-corrected chi connectivity index (χ4v) is 2.99. The molecule has 0 spiro atoms. The number of benzene rings is 1. The summed E-state index contributed by atoms with van der Waals surface area (Å²) in [5.41, 5.74) is 0.706. The number of halogens is 2. The molecule has 2 aromatic rings. The van der Waals surface area contributed by atoms with E-state index in [4.69, 9.17) is 0 Å². The number of anilines is 1. The molecule has 1 saturated heterocycles. The van der Waals surface area contributed by atoms with Crippen LogP contribution in [-0.2, 0) is 6.54 Å². The van der Waals surface area contributed by atoms with Gasteiger partial charge in [-0.15, -0.1) is 0 Å². The fourth-order valence-electron chi connectivity index (χ4n) is 2.66. The highest BCUT2D eigenvalue weighted by molar-refractivity contribution is 9.10. The Morgan fingerprint density at radius 3 is 2.64 bits per heavy atom. The molecule has 1 aromatic heterocycles. The molecule has 1 aliphatic heterocycles. The third-order valence-corrected chi connectivity index (χ3v) is 4.42. The van der Waals surface area contributed by atoms with Crippen LogP contribution in [0.3, 0.4) is 0 Å². The summed E-state index contributed by atoms with van der Waals surface area (Å²) in [6, 6.07) is 7.43. The molecule has 0 radical (unpaired) electrons. The fraction of sp³-hybridized carbons (Fsp3) is 0.375. The van der Waals surface area contributed by atoms with Crippen molar-refractivity contribution in [2.45, 2.75) is 25.4 Å². The normalized spacial score (nSPS) is 16.0. The van der Waals surface area contributed by atoms with Gasteiger partial charge in [0.15, 0.2) is 0 Å². The van der Waals surface area contributed by atoms with Crippen molar-refractivity contribution in [2.75, 3.05) is 18.0 Å². The zero-order chi connectivity index (χ0) is 15.4. The summed E-state index contributed by atoms with van der Waals surface area (Å²) in [5.74, 6) is 0.622. The summed E-state index contributed by atoms with van der Waals surface area (Å²) >= 11 is 3.27. The molecule has 0 amide bonds. The number of rotatable bonds is 4. The molecular weight excluding hydrogens is 347 g/mol. The summed E-state index contributed by atoms with van der Waals surface area (Å²) in [6.07, 6.45) is 5.55. The van der Waals surface area contributed by atoms with Gasteiger partial charge in [0.2, 0.25) is 5.95 Å². The van der Waals surface area contributed by atoms with Crippen molar-refractivity contribution in [1.29, 1.82) is 0 Å². The quantitative estimate of drug-likeness (QED) is 0.904. The molecule has 1 aliphatic rings. The first-order valence-electron chi connectivity index (χ1n) is 7.41. The Kier molecular flexibility index (Phi) is 5.00. The average Bonchev–Trinajstić information content (AvgIpc) is 2.55. The van der Waals surface area contributed by atoms with Gasteiger partial charge in [0.1, 0.15) is 5.82 Å². The smallest absolute Gasteiger partial charge is 0.225 e. The van der Waals surface area contributed by atoms with Crippen LogP contribution < -0.4 is 10.2 Å². The van der Waals surface area contributed by atoms with Gasteiger partial charge in [0.05, 0.1) is 0 Å². The SMILES string of the molecule is Fc1cc(Br)ccc1CNC1CCN(c2ncccn2)CC1. The third-order valence-electron chi connectivity index (χ3n) is 3.93. The molecule has 0 unspecified atom stereocenters. The number of hydrogen-bond acceptors (Lipinski definition) is 4. The van der Waals surface area contributed by atoms with Gasteiger partial charge in [-0.05, 0) is 31.0 Å². The molecule has 116 valence electrons. The summed E-state index contributed by atoms with van der Waals surface area (Å²) in [4.78, 5) is 10.8. The maximum Gasteiger partial charge on any atom is 0.225 e. The van der Waals surface area contributed by atoms with Gasteiger partial charge in [-0.25, -0.2) is 14.4 Å². The predicted octanol–water partition coefficient (Wildman–Crippen LogP) is 3.14. The van der Waals surface area contributed by atoms with Gasteiger partial charge in [-0.3, -0.25) is 0 Å². The molecule has 0 aliphatic carbocycles. The number of piperidine rings is 1. The Morgan fingerprint density at radius 2 is 1.95 bits per heavy atom. The topological polar surface area (TPSA) is 41.0 Å². The van der Waals surface area contributed by atoms with Crippen LogP contribution in [0, 0.1) is 5.82 Å². The van der Waals surface area contributed by atoms with Gasteiger partial charge in [0, 0.05) is 48.1 Å². The zero-order valence-corrected chi connectivity index (χ0v) is 13.8. The van der Waals surface area contributed by atoms with Crippen LogP contribution in [0.2, 0.25) is 0 Å². The van der Waals surface area contributed by atoms with Crippen molar-refractivity contribution in [3.63, 3.8) is 0 Å². The first kappa shape index (κ1) is 15.4. The largest absolute Gasteiger partial charge is 0.341 e. The maximum atomic E-state index is 13.8. The molecule has 0 bridgehead atoms. The first-order valence-corrected chi connectivity index (χ1v) is 8.21. The van der Waals surface area contributed by atoms with E-state index in [0.717, 1.165) is 36.4 Å². The first-order chi connectivity index (χ1) is 10.7. The van der Waals surface area contributed by atoms with E-state index in [2.05, 4.69) is 36.1 Å². The van der Waals surface area contributed by atoms with E-state index in [1.807, 2.05) is 18.2 Å². The Morgan fingerprint density at radius 1 is 1.23 bits per heavy atom. The average molecular weight is 365 g/mol. The Balaban J connectivity index is 1.50. The van der Waals surface area contributed by atoms with Crippen molar-refractivity contribution in [3.8, 4) is 0 Å². The number of nitrogens with zero attached hydrogens (tertiary/aromatic N) is 3. The summed E-state index contributed by atoms with van der Waals surface area (Å²) in [6.45, 7) is 2.40. The van der Waals surface area contributed by atoms with Gasteiger partial charge in [0.25, 0.3) is 0 Å². The van der Waals surface area contributed by atoms with E-state index in [1.54, 1.807) is 12.4 Å². The Hall–Kier alpha value is -1.53. The highest BCUT2D eigenvalue weighted by Gasteiger charge is 2.20. The van der Waals surface area contributed by atoms with Crippen molar-refractivity contribution in [2.24, 2.45) is 0 Å². The van der Waals surface area contributed by atoms with Crippen molar-refractivity contribution in [3.05, 3.63) is 52.5 Å². The van der Waals surface area contributed by atoms with E-state index in [-0.39, 0.29) is 5.82 Å². The molecule has 2 heterocycles. The van der Waals surface area contributed by atoms with E-state index < -0.39 is 0 Å². The summed E-state index contributed by atoms with van der Waals surface area (Å²) < 4.78 is 14.6. The number of nitrogens with one attached hydrogen (secondary N) is 1. The van der Waals surface area contributed by atoms with Crippen LogP contribution in [-0.4, -0.2) is 29.1 Å². The molecule has 0 saturated carbocycles. The van der Waals surface area contributed by atoms with Crippen LogP contribution in [0.25, 0.3) is 0 Å². The number of aromatic nitrogens is 2. The lowest BCUT2D eigenvalue weighted by molar-refractivity contribution is 0.407. The van der Waals surface area contributed by atoms with E-state index in [9.17, 15) is 4.39 Å². The molecule has 3 rings (SSSR count). The van der Waals surface area contributed by atoms with Crippen LogP contribution in [0.1, 0.15) is 18.4 Å². The molecule has 6 heteroatoms. The van der Waals surface area contributed by atoms with E-state index >= 15 is 0 Å². The minimum absolute atomic E-state index is 0.169. The highest BCUT2D eigenvalue weighted by atomic mass is 79.9. The standard InChI is InChI=1S/C16H18BrFN4/c17-13-3-2-12(15(18)10-13)11-21-14-4-8-22(9-5-14)16-19-6-1-7-20-16/h1-3,6-7,10,14,21H,4-5,8-9,11H2. The number of hydrogen-bond donors (Lipinski definition) is 1. The molecule has 1 N–H and O–H groups in total. The lowest BCUT2D eigenvalue weighted by Gasteiger charge is -2.32. The molecule has 1 fully saturated rings. The second kappa shape index (κ2) is 7.15. The lowest BCUT2D eigenvalue weighted by Crippen LogP contribution is -2.43. The molecule has 4 nitrogen and oxygen atoms in total. The van der Waals surface area contributed by atoms with Crippen molar-refractivity contribution < 1.29 is 4.39 Å². The predicted molar refractivity (Wildman–Crippen MR) is 88.2 cm³/mol. The van der Waals surface area contributed by atoms with Crippen molar-refractivity contribution >= 4 is 21.9 Å². The second-order valence-corrected chi connectivity index (χ2v) is 6.34. The van der Waals surface area contributed by atoms with Crippen molar-refractivity contribution in [1.82, 2.24) is 15.3 Å². The van der Waals surface area contributed by atoms with E-state index in [0.29, 0.717) is 18.2 Å². The Labute approximate surface area is 137 Å². The summed E-state index contributed by atoms with van der Waals surface area (Å²) in [7, 11) is 0. The van der Waals surface area contributed by atoms with Crippen LogP contribution in [0.4, 0.5) is 10.3 Å². The molecular formula is C16H18BrFN4. The maximum absolute atomic E-state index is 13.8. The minimum atomic E-state index is -0.169. The highest BCUT2D eigenvalue weighted by Crippen LogP contribution is 2.18. The Bertz CT molecular complexity index is 615. The molecule has 22 heavy (non-hydrogen) atoms. The van der Waals surface area contributed by atoms with Crippen LogP contribution >= 0.6 is 15.9 Å². The van der Waals surface area contributed by atoms with Gasteiger partial charge in [-0.1, -0.05) is 22.0 Å². The second-order valence-electron chi connectivity index (χ2n) is 5.43. The third kappa shape index (κ3) is 3.81. The van der Waals surface area contributed by atoms with Crippen LogP contribution in [0.15, 0.2) is 41.1 Å². The summed E-state index contributed by atoms with van der Waals surface area (Å²) in [5, 5.41) is 3.45. The van der Waals surface area contributed by atoms with Gasteiger partial charge >= 0.3 is 0 Å². The van der Waals surface area contributed by atoms with Gasteiger partial charge < -0.3 is 10.2 Å². The monoisotopic (exact) mass is 364 g/mol. The van der Waals surface area contributed by atoms with E-state index in [1.165, 1.54) is 6.07 Å². The zero-order valence-electron chi connectivity index (χ0n) is 12.2. The molecule has 0 atom stereocenters. The lowest BCUT2D eigenvalue weighted by atomic mass is 10.0.